The number of benzene rings is 2. The fourth-order valence-corrected chi connectivity index (χ4v) is 9.70. The maximum Gasteiger partial charge on any atom is 0.324 e. The van der Waals surface area contributed by atoms with E-state index in [0.29, 0.717) is 89.4 Å². The number of nitrogens with one attached hydrogen (secondary N) is 1. The first-order chi connectivity index (χ1) is 35.4. The van der Waals surface area contributed by atoms with Gasteiger partial charge in [0.25, 0.3) is 5.91 Å². The van der Waals surface area contributed by atoms with Gasteiger partial charge in [-0.05, 0) is 140 Å². The van der Waals surface area contributed by atoms with Crippen molar-refractivity contribution in [2.75, 3.05) is 106 Å². The number of carboxylic acid groups (broad SMARTS) is 1. The van der Waals surface area contributed by atoms with Gasteiger partial charge in [-0.15, -0.1) is 0 Å². The third-order valence-corrected chi connectivity index (χ3v) is 17.6. The van der Waals surface area contributed by atoms with E-state index in [1.807, 2.05) is 67.2 Å². The zero-order valence-electron chi connectivity index (χ0n) is 44.9. The number of sulfone groups is 2. The maximum absolute atomic E-state index is 14.6. The molecule has 416 valence electrons. The Balaban J connectivity index is 0.000000286. The summed E-state index contributed by atoms with van der Waals surface area (Å²) in [6.07, 6.45) is 12.6. The lowest BCUT2D eigenvalue weighted by atomic mass is 9.97. The smallest absolute Gasteiger partial charge is 0.324 e. The SMILES string of the molecule is CN(C)CC#Cc1ccc(C2=CCN(CCC(C)(C(=O)NOC3CCCCO3)S(C)(=O)=O)CC2)cc1F.CN(C)CC#Cc1ccc(C2=CCN(CCC(C)(C(=O)O)S(C)(=O)=O)CC2)cc1F.NOC1CCCCO1. The van der Waals surface area contributed by atoms with E-state index in [-0.39, 0.29) is 30.8 Å². The highest BCUT2D eigenvalue weighted by molar-refractivity contribution is 7.93. The number of rotatable bonds is 17. The summed E-state index contributed by atoms with van der Waals surface area (Å²) in [6, 6.07) is 10.1. The first kappa shape index (κ1) is 62.9. The van der Waals surface area contributed by atoms with Gasteiger partial charge < -0.3 is 14.6 Å². The summed E-state index contributed by atoms with van der Waals surface area (Å²) in [6.45, 7) is 8.37. The van der Waals surface area contributed by atoms with Gasteiger partial charge in [-0.1, -0.05) is 48.0 Å². The molecule has 2 aromatic carbocycles. The van der Waals surface area contributed by atoms with Crippen LogP contribution in [0.5, 0.6) is 0 Å². The first-order valence-corrected chi connectivity index (χ1v) is 29.0. The Kier molecular flexibility index (Phi) is 25.0. The van der Waals surface area contributed by atoms with Crippen LogP contribution in [0.2, 0.25) is 0 Å². The molecular weight excluding hydrogens is 1010 g/mol. The molecule has 4 heterocycles. The summed E-state index contributed by atoms with van der Waals surface area (Å²) in [5.41, 5.74) is 6.74. The number of nitrogens with zero attached hydrogens (tertiary/aromatic N) is 4. The zero-order valence-corrected chi connectivity index (χ0v) is 46.5. The minimum absolute atomic E-state index is 0.0132. The van der Waals surface area contributed by atoms with Crippen LogP contribution in [0.15, 0.2) is 48.6 Å². The third kappa shape index (κ3) is 19.7. The molecular formula is C54H78F2N6O11S2. The number of hydroxylamine groups is 1. The molecule has 6 rings (SSSR count). The van der Waals surface area contributed by atoms with E-state index in [1.165, 1.54) is 32.4 Å². The summed E-state index contributed by atoms with van der Waals surface area (Å²) < 4.78 is 85.0. The number of halogens is 2. The van der Waals surface area contributed by atoms with Crippen molar-refractivity contribution in [2.24, 2.45) is 5.90 Å². The Morgan fingerprint density at radius 1 is 0.747 bits per heavy atom. The Morgan fingerprint density at radius 3 is 1.52 bits per heavy atom. The quantitative estimate of drug-likeness (QED) is 0.139. The fourth-order valence-electron chi connectivity index (χ4n) is 8.08. The normalized spacial score (nSPS) is 20.2. The van der Waals surface area contributed by atoms with E-state index in [1.54, 1.807) is 12.1 Å². The third-order valence-electron chi connectivity index (χ3n) is 13.6. The number of carboxylic acids is 1. The summed E-state index contributed by atoms with van der Waals surface area (Å²) in [5, 5.41) is 9.36. The molecule has 0 spiro atoms. The van der Waals surface area contributed by atoms with E-state index >= 15 is 0 Å². The molecule has 0 bridgehead atoms. The predicted octanol–water partition coefficient (Wildman–Crippen LogP) is 5.10. The molecule has 0 radical (unpaired) electrons. The molecule has 21 heteroatoms. The molecule has 4 unspecified atom stereocenters. The van der Waals surface area contributed by atoms with E-state index in [2.05, 4.69) is 38.9 Å². The molecule has 75 heavy (non-hydrogen) atoms. The summed E-state index contributed by atoms with van der Waals surface area (Å²) in [7, 11) is 0.157. The molecule has 1 amide bonds. The van der Waals surface area contributed by atoms with Crippen molar-refractivity contribution < 1.29 is 59.5 Å². The number of hydrogen-bond acceptors (Lipinski definition) is 15. The first-order valence-electron chi connectivity index (χ1n) is 25.2. The molecule has 4 aliphatic heterocycles. The molecule has 0 saturated carbocycles. The number of carbonyl (C=O) groups is 2. The van der Waals surface area contributed by atoms with Crippen LogP contribution in [0, 0.1) is 35.3 Å². The van der Waals surface area contributed by atoms with Crippen LogP contribution in [-0.2, 0) is 48.4 Å². The summed E-state index contributed by atoms with van der Waals surface area (Å²) in [5.74, 6) is 13.7. The minimum Gasteiger partial charge on any atom is -0.480 e. The van der Waals surface area contributed by atoms with Gasteiger partial charge >= 0.3 is 5.97 Å². The summed E-state index contributed by atoms with van der Waals surface area (Å²) in [4.78, 5) is 42.1. The van der Waals surface area contributed by atoms with Crippen LogP contribution in [-0.4, -0.2) is 182 Å². The predicted molar refractivity (Wildman–Crippen MR) is 287 cm³/mol. The highest BCUT2D eigenvalue weighted by Gasteiger charge is 2.45. The van der Waals surface area contributed by atoms with Crippen molar-refractivity contribution in [3.63, 3.8) is 0 Å². The van der Waals surface area contributed by atoms with Crippen molar-refractivity contribution in [3.8, 4) is 23.7 Å². The molecule has 4 aliphatic rings. The highest BCUT2D eigenvalue weighted by Crippen LogP contribution is 2.29. The van der Waals surface area contributed by atoms with Gasteiger partial charge in [0, 0.05) is 77.8 Å². The lowest BCUT2D eigenvalue weighted by Crippen LogP contribution is -2.52. The zero-order chi connectivity index (χ0) is 55.4. The average molecular weight is 1090 g/mol. The number of carbonyl (C=O) groups excluding carboxylic acids is 1. The standard InChI is InChI=1S/C27H38FN3O5S.C22H29FN2O4S.C5H11NO2/c1-27(37(4,33)34,26(32)29-36-25-9-5-6-19-35-25)14-18-31-16-12-21(13-17-31)23-11-10-22(24(28)20-23)8-7-15-30(2)3;1-22(21(26)27,30(4,28)29)11-15-25-13-9-17(10-14-25)19-8-7-18(20(23)16-19)6-5-12-24(2)3;6-8-5-3-1-2-4-7-5/h10-12,20,25H,5-6,9,13-19H2,1-4H3,(H,29,32);7-9,16H,10-15H2,1-4H3,(H,26,27);5H,1-4,6H2. The second-order valence-electron chi connectivity index (χ2n) is 20.1. The highest BCUT2D eigenvalue weighted by atomic mass is 32.2. The van der Waals surface area contributed by atoms with Crippen molar-refractivity contribution in [3.05, 3.63) is 82.4 Å². The number of nitrogens with two attached hydrogens (primary N) is 1. The van der Waals surface area contributed by atoms with Crippen molar-refractivity contribution in [1.82, 2.24) is 25.1 Å². The van der Waals surface area contributed by atoms with E-state index in [9.17, 15) is 40.3 Å². The Bertz CT molecular complexity index is 2650. The van der Waals surface area contributed by atoms with Gasteiger partial charge in [0.05, 0.1) is 24.2 Å². The lowest BCUT2D eigenvalue weighted by molar-refractivity contribution is -0.201. The van der Waals surface area contributed by atoms with Crippen LogP contribution < -0.4 is 11.4 Å². The van der Waals surface area contributed by atoms with Gasteiger partial charge in [0.1, 0.15) is 11.6 Å². The molecule has 2 fully saturated rings. The number of aliphatic carboxylic acids is 1. The number of amides is 1. The van der Waals surface area contributed by atoms with Crippen LogP contribution in [0.4, 0.5) is 8.78 Å². The molecule has 2 aromatic rings. The molecule has 0 aromatic heterocycles. The van der Waals surface area contributed by atoms with E-state index < -0.39 is 47.3 Å². The van der Waals surface area contributed by atoms with E-state index in [0.717, 1.165) is 67.1 Å². The largest absolute Gasteiger partial charge is 0.480 e. The Morgan fingerprint density at radius 2 is 1.19 bits per heavy atom. The van der Waals surface area contributed by atoms with Crippen molar-refractivity contribution in [1.29, 1.82) is 0 Å². The molecule has 0 aliphatic carbocycles. The van der Waals surface area contributed by atoms with Crippen molar-refractivity contribution >= 4 is 42.7 Å². The van der Waals surface area contributed by atoms with Crippen LogP contribution >= 0.6 is 0 Å². The van der Waals surface area contributed by atoms with Gasteiger partial charge in [-0.25, -0.2) is 41.8 Å². The Labute approximate surface area is 443 Å². The molecule has 4 N–H and O–H groups in total. The minimum atomic E-state index is -3.74. The van der Waals surface area contributed by atoms with Crippen LogP contribution in [0.1, 0.15) is 100 Å². The second-order valence-corrected chi connectivity index (χ2v) is 25.0. The number of ether oxygens (including phenoxy) is 2. The van der Waals surface area contributed by atoms with Crippen molar-refractivity contribution in [2.45, 2.75) is 100 Å². The Hall–Kier alpha value is -4.62. The topological polar surface area (TPSA) is 211 Å². The van der Waals surface area contributed by atoms with Gasteiger partial charge in [0.2, 0.25) is 0 Å². The maximum atomic E-state index is 14.6. The van der Waals surface area contributed by atoms with Gasteiger partial charge in [-0.3, -0.25) is 34.0 Å². The van der Waals surface area contributed by atoms with Gasteiger partial charge in [0.15, 0.2) is 41.7 Å². The fraction of sp³-hybridized carbons (Fsp3) is 0.593. The van der Waals surface area contributed by atoms with E-state index in [4.69, 9.17) is 20.2 Å². The van der Waals surface area contributed by atoms with Gasteiger partial charge in [-0.2, -0.15) is 0 Å². The molecule has 17 nitrogen and oxygen atoms in total. The molecule has 4 atom stereocenters. The van der Waals surface area contributed by atoms with Crippen LogP contribution in [0.3, 0.4) is 0 Å². The average Bonchev–Trinajstić information content (AvgIpc) is 3.37. The second kappa shape index (κ2) is 29.8. The lowest BCUT2D eigenvalue weighted by Gasteiger charge is -2.32. The monoisotopic (exact) mass is 1090 g/mol. The number of hydrogen-bond donors (Lipinski definition) is 3. The summed E-state index contributed by atoms with van der Waals surface area (Å²) >= 11 is 0. The van der Waals surface area contributed by atoms with Crippen LogP contribution in [0.25, 0.3) is 11.1 Å². The molecule has 2 saturated heterocycles.